The van der Waals surface area contributed by atoms with Crippen LogP contribution in [0.2, 0.25) is 0 Å². The Labute approximate surface area is 128 Å². The average molecular weight is 304 g/mol. The molecular formula is C16H20N2O4. The van der Waals surface area contributed by atoms with Crippen molar-refractivity contribution >= 4 is 28.7 Å². The minimum atomic E-state index is -1.24. The van der Waals surface area contributed by atoms with E-state index >= 15 is 0 Å². The van der Waals surface area contributed by atoms with Crippen LogP contribution in [0.15, 0.2) is 24.3 Å². The average Bonchev–Trinajstić information content (AvgIpc) is 2.75. The summed E-state index contributed by atoms with van der Waals surface area (Å²) in [5.74, 6) is -0.667. The third kappa shape index (κ3) is 2.90. The van der Waals surface area contributed by atoms with Crippen molar-refractivity contribution in [3.63, 3.8) is 0 Å². The molecule has 0 saturated carbocycles. The number of carbonyl (C=O) groups is 2. The first-order valence-corrected chi connectivity index (χ1v) is 6.96. The molecule has 0 aliphatic carbocycles. The van der Waals surface area contributed by atoms with Gasteiger partial charge in [-0.05, 0) is 36.6 Å². The Bertz CT molecular complexity index is 740. The van der Waals surface area contributed by atoms with E-state index in [0.717, 1.165) is 4.57 Å². The maximum Gasteiger partial charge on any atom is 0.416 e. The van der Waals surface area contributed by atoms with Gasteiger partial charge in [0.25, 0.3) is 0 Å². The molecule has 0 radical (unpaired) electrons. The summed E-state index contributed by atoms with van der Waals surface area (Å²) in [6.07, 6.45) is -1.60. The minimum absolute atomic E-state index is 0.0239. The topological polar surface area (TPSA) is 94.5 Å². The molecule has 0 amide bonds. The zero-order chi connectivity index (χ0) is 16.7. The van der Waals surface area contributed by atoms with Gasteiger partial charge >= 0.3 is 12.1 Å². The summed E-state index contributed by atoms with van der Waals surface area (Å²) >= 11 is 0. The number of ether oxygens (including phenoxy) is 1. The maximum absolute atomic E-state index is 12.3. The number of aromatic nitrogens is 1. The second-order valence-corrected chi connectivity index (χ2v) is 6.38. The highest BCUT2D eigenvalue weighted by atomic mass is 16.5. The summed E-state index contributed by atoms with van der Waals surface area (Å²) in [7, 11) is 0. The Kier molecular flexibility index (Phi) is 3.87. The van der Waals surface area contributed by atoms with Crippen LogP contribution in [-0.4, -0.2) is 27.8 Å². The van der Waals surface area contributed by atoms with E-state index in [0.29, 0.717) is 16.6 Å². The summed E-state index contributed by atoms with van der Waals surface area (Å²) in [5.41, 5.74) is 6.34. The van der Waals surface area contributed by atoms with Gasteiger partial charge < -0.3 is 15.6 Å². The molecule has 2 aromatic rings. The van der Waals surface area contributed by atoms with Crippen LogP contribution in [0, 0.1) is 5.41 Å². The number of carbonyl (C=O) groups excluding carboxylic acids is 1. The molecule has 1 atom stereocenters. The number of benzene rings is 1. The summed E-state index contributed by atoms with van der Waals surface area (Å²) < 4.78 is 6.32. The Morgan fingerprint density at radius 2 is 1.91 bits per heavy atom. The molecule has 3 N–H and O–H groups in total. The first kappa shape index (κ1) is 15.9. The maximum atomic E-state index is 12.3. The minimum Gasteiger partial charge on any atom is -0.464 e. The Balaban J connectivity index is 2.48. The van der Waals surface area contributed by atoms with Crippen molar-refractivity contribution in [2.75, 3.05) is 5.73 Å². The van der Waals surface area contributed by atoms with Crippen LogP contribution >= 0.6 is 0 Å². The van der Waals surface area contributed by atoms with Crippen molar-refractivity contribution in [3.8, 4) is 0 Å². The van der Waals surface area contributed by atoms with Crippen LogP contribution in [0.25, 0.3) is 10.9 Å². The first-order valence-electron chi connectivity index (χ1n) is 6.96. The van der Waals surface area contributed by atoms with E-state index < -0.39 is 12.1 Å². The van der Waals surface area contributed by atoms with Crippen molar-refractivity contribution in [2.24, 2.45) is 5.41 Å². The van der Waals surface area contributed by atoms with Crippen molar-refractivity contribution in [2.45, 2.75) is 33.8 Å². The van der Waals surface area contributed by atoms with E-state index in [1.54, 1.807) is 25.1 Å². The molecule has 1 heterocycles. The van der Waals surface area contributed by atoms with Gasteiger partial charge in [-0.1, -0.05) is 20.8 Å². The van der Waals surface area contributed by atoms with Gasteiger partial charge in [0, 0.05) is 11.1 Å². The molecular weight excluding hydrogens is 284 g/mol. The monoisotopic (exact) mass is 304 g/mol. The Morgan fingerprint density at radius 3 is 2.45 bits per heavy atom. The molecule has 0 fully saturated rings. The zero-order valence-electron chi connectivity index (χ0n) is 13.1. The van der Waals surface area contributed by atoms with E-state index in [-0.39, 0.29) is 17.2 Å². The van der Waals surface area contributed by atoms with Gasteiger partial charge in [0.15, 0.2) is 0 Å². The van der Waals surface area contributed by atoms with Gasteiger partial charge in [-0.15, -0.1) is 0 Å². The molecule has 22 heavy (non-hydrogen) atoms. The molecule has 0 aliphatic heterocycles. The second kappa shape index (κ2) is 5.36. The van der Waals surface area contributed by atoms with Crippen molar-refractivity contribution < 1.29 is 19.4 Å². The zero-order valence-corrected chi connectivity index (χ0v) is 13.1. The predicted molar refractivity (Wildman–Crippen MR) is 84.1 cm³/mol. The van der Waals surface area contributed by atoms with Crippen LogP contribution in [0.5, 0.6) is 0 Å². The number of carboxylic acid groups (broad SMARTS) is 1. The number of nitrogens with zero attached hydrogens (tertiary/aromatic N) is 1. The highest BCUT2D eigenvalue weighted by Gasteiger charge is 2.27. The van der Waals surface area contributed by atoms with E-state index in [9.17, 15) is 14.7 Å². The largest absolute Gasteiger partial charge is 0.464 e. The molecule has 0 saturated heterocycles. The van der Waals surface area contributed by atoms with Crippen LogP contribution in [0.3, 0.4) is 0 Å². The SMILES string of the molecule is CC(OC(=O)c1cc2cc(N)ccc2n1C(=O)O)C(C)(C)C. The van der Waals surface area contributed by atoms with Gasteiger partial charge in [0.2, 0.25) is 0 Å². The third-order valence-electron chi connectivity index (χ3n) is 3.73. The van der Waals surface area contributed by atoms with Gasteiger partial charge in [-0.2, -0.15) is 0 Å². The number of hydrogen-bond acceptors (Lipinski definition) is 4. The number of nitrogen functional groups attached to an aromatic ring is 1. The number of esters is 1. The summed E-state index contributed by atoms with van der Waals surface area (Å²) in [5, 5.41) is 9.97. The summed E-state index contributed by atoms with van der Waals surface area (Å²) in [6.45, 7) is 7.61. The highest BCUT2D eigenvalue weighted by Crippen LogP contribution is 2.26. The third-order valence-corrected chi connectivity index (χ3v) is 3.73. The van der Waals surface area contributed by atoms with Crippen molar-refractivity contribution in [3.05, 3.63) is 30.0 Å². The van der Waals surface area contributed by atoms with E-state index in [4.69, 9.17) is 10.5 Å². The molecule has 0 spiro atoms. The number of rotatable bonds is 2. The lowest BCUT2D eigenvalue weighted by Crippen LogP contribution is -2.30. The van der Waals surface area contributed by atoms with Gasteiger partial charge in [0.05, 0.1) is 5.52 Å². The normalized spacial score (nSPS) is 13.1. The fraction of sp³-hybridized carbons (Fsp3) is 0.375. The lowest BCUT2D eigenvalue weighted by Gasteiger charge is -2.26. The van der Waals surface area contributed by atoms with Crippen molar-refractivity contribution in [1.82, 2.24) is 4.57 Å². The quantitative estimate of drug-likeness (QED) is 0.655. The van der Waals surface area contributed by atoms with Gasteiger partial charge in [0.1, 0.15) is 11.8 Å². The molecule has 1 aromatic carbocycles. The summed E-state index contributed by atoms with van der Waals surface area (Å²) in [6, 6.07) is 6.27. The molecule has 0 bridgehead atoms. The van der Waals surface area contributed by atoms with Crippen LogP contribution in [0.4, 0.5) is 10.5 Å². The molecule has 6 heteroatoms. The van der Waals surface area contributed by atoms with E-state index in [1.807, 2.05) is 20.8 Å². The number of fused-ring (bicyclic) bond motifs is 1. The lowest BCUT2D eigenvalue weighted by molar-refractivity contribution is 0.00382. The smallest absolute Gasteiger partial charge is 0.416 e. The molecule has 2 rings (SSSR count). The summed E-state index contributed by atoms with van der Waals surface area (Å²) in [4.78, 5) is 23.8. The lowest BCUT2D eigenvalue weighted by atomic mass is 9.90. The molecule has 118 valence electrons. The Hall–Kier alpha value is -2.50. The second-order valence-electron chi connectivity index (χ2n) is 6.38. The van der Waals surface area contributed by atoms with E-state index in [2.05, 4.69) is 0 Å². The van der Waals surface area contributed by atoms with E-state index in [1.165, 1.54) is 6.07 Å². The van der Waals surface area contributed by atoms with Crippen molar-refractivity contribution in [1.29, 1.82) is 0 Å². The van der Waals surface area contributed by atoms with Crippen LogP contribution in [0.1, 0.15) is 38.2 Å². The predicted octanol–water partition coefficient (Wildman–Crippen LogP) is 3.34. The highest BCUT2D eigenvalue weighted by molar-refractivity contribution is 6.01. The van der Waals surface area contributed by atoms with Gasteiger partial charge in [-0.3, -0.25) is 0 Å². The first-order chi connectivity index (χ1) is 10.1. The fourth-order valence-electron chi connectivity index (χ4n) is 1.99. The van der Waals surface area contributed by atoms with Crippen LogP contribution in [-0.2, 0) is 4.74 Å². The Morgan fingerprint density at radius 1 is 1.27 bits per heavy atom. The number of anilines is 1. The fourth-order valence-corrected chi connectivity index (χ4v) is 1.99. The molecule has 1 aromatic heterocycles. The molecule has 1 unspecified atom stereocenters. The molecule has 0 aliphatic rings. The molecule has 6 nitrogen and oxygen atoms in total. The van der Waals surface area contributed by atoms with Crippen LogP contribution < -0.4 is 5.73 Å². The number of nitrogens with two attached hydrogens (primary N) is 1. The number of hydrogen-bond donors (Lipinski definition) is 2. The van der Waals surface area contributed by atoms with Gasteiger partial charge in [-0.25, -0.2) is 14.2 Å². The standard InChI is InChI=1S/C16H20N2O4/c1-9(16(2,3)4)22-14(19)13-8-10-7-11(17)5-6-12(10)18(13)15(20)21/h5-9H,17H2,1-4H3,(H,20,21).